The number of nitrogens with one attached hydrogen (secondary N) is 1. The summed E-state index contributed by atoms with van der Waals surface area (Å²) in [7, 11) is 0. The SMILES string of the molecule is CCNCC(C)(C)COc1ccccc1C(C)(C)C. The normalized spacial score (nSPS) is 12.5. The lowest BCUT2D eigenvalue weighted by Crippen LogP contribution is -2.34. The average Bonchev–Trinajstić information content (AvgIpc) is 2.33. The quantitative estimate of drug-likeness (QED) is 0.837. The van der Waals surface area contributed by atoms with Crippen molar-refractivity contribution >= 4 is 0 Å². The Bertz CT molecular complexity index is 390. The maximum atomic E-state index is 6.09. The standard InChI is InChI=1S/C17H29NO/c1-7-18-12-17(5,6)13-19-15-11-9-8-10-14(15)16(2,3)4/h8-11,18H,7,12-13H2,1-6H3. The molecule has 0 aliphatic rings. The van der Waals surface area contributed by atoms with Gasteiger partial charge in [-0.3, -0.25) is 0 Å². The highest BCUT2D eigenvalue weighted by Gasteiger charge is 2.22. The summed E-state index contributed by atoms with van der Waals surface area (Å²) in [6, 6.07) is 8.36. The molecule has 0 saturated carbocycles. The fourth-order valence-electron chi connectivity index (χ4n) is 2.00. The number of rotatable bonds is 6. The summed E-state index contributed by atoms with van der Waals surface area (Å²) < 4.78 is 6.09. The molecular weight excluding hydrogens is 234 g/mol. The van der Waals surface area contributed by atoms with Crippen LogP contribution in [0, 0.1) is 5.41 Å². The van der Waals surface area contributed by atoms with Crippen LogP contribution in [-0.2, 0) is 5.41 Å². The molecule has 0 bridgehead atoms. The zero-order valence-corrected chi connectivity index (χ0v) is 13.3. The first-order chi connectivity index (χ1) is 8.76. The van der Waals surface area contributed by atoms with E-state index < -0.39 is 0 Å². The van der Waals surface area contributed by atoms with Crippen molar-refractivity contribution in [1.82, 2.24) is 5.32 Å². The van der Waals surface area contributed by atoms with Gasteiger partial charge in [0.15, 0.2) is 0 Å². The molecule has 0 unspecified atom stereocenters. The van der Waals surface area contributed by atoms with E-state index in [0.717, 1.165) is 25.4 Å². The van der Waals surface area contributed by atoms with E-state index in [-0.39, 0.29) is 10.8 Å². The highest BCUT2D eigenvalue weighted by Crippen LogP contribution is 2.31. The summed E-state index contributed by atoms with van der Waals surface area (Å²) in [5, 5.41) is 3.39. The van der Waals surface area contributed by atoms with Gasteiger partial charge in [0.2, 0.25) is 0 Å². The third-order valence-electron chi connectivity index (χ3n) is 3.17. The molecular formula is C17H29NO. The second kappa shape index (κ2) is 6.42. The Hall–Kier alpha value is -1.02. The van der Waals surface area contributed by atoms with Crippen molar-refractivity contribution in [3.63, 3.8) is 0 Å². The Morgan fingerprint density at radius 1 is 1.05 bits per heavy atom. The van der Waals surface area contributed by atoms with Crippen molar-refractivity contribution < 1.29 is 4.74 Å². The van der Waals surface area contributed by atoms with Gasteiger partial charge in [-0.05, 0) is 23.6 Å². The summed E-state index contributed by atoms with van der Waals surface area (Å²) >= 11 is 0. The molecule has 1 rings (SSSR count). The van der Waals surface area contributed by atoms with Crippen LogP contribution >= 0.6 is 0 Å². The number of benzene rings is 1. The van der Waals surface area contributed by atoms with Crippen LogP contribution in [0.2, 0.25) is 0 Å². The summed E-state index contributed by atoms with van der Waals surface area (Å²) in [6.07, 6.45) is 0. The fraction of sp³-hybridized carbons (Fsp3) is 0.647. The van der Waals surface area contributed by atoms with Gasteiger partial charge in [0, 0.05) is 12.0 Å². The van der Waals surface area contributed by atoms with Crippen LogP contribution in [0.25, 0.3) is 0 Å². The Balaban J connectivity index is 2.73. The number of hydrogen-bond donors (Lipinski definition) is 1. The molecule has 1 aromatic rings. The second-order valence-corrected chi connectivity index (χ2v) is 6.98. The number of hydrogen-bond acceptors (Lipinski definition) is 2. The molecule has 0 fully saturated rings. The Labute approximate surface area is 118 Å². The van der Waals surface area contributed by atoms with Gasteiger partial charge < -0.3 is 10.1 Å². The minimum absolute atomic E-state index is 0.113. The van der Waals surface area contributed by atoms with Gasteiger partial charge in [-0.25, -0.2) is 0 Å². The van der Waals surface area contributed by atoms with E-state index in [9.17, 15) is 0 Å². The minimum atomic E-state index is 0.113. The van der Waals surface area contributed by atoms with Gasteiger partial charge in [-0.2, -0.15) is 0 Å². The van der Waals surface area contributed by atoms with E-state index >= 15 is 0 Å². The summed E-state index contributed by atoms with van der Waals surface area (Å²) in [5.74, 6) is 1.01. The largest absolute Gasteiger partial charge is 0.493 e. The van der Waals surface area contributed by atoms with E-state index in [2.05, 4.69) is 65.1 Å². The van der Waals surface area contributed by atoms with Crippen molar-refractivity contribution in [1.29, 1.82) is 0 Å². The molecule has 0 radical (unpaired) electrons. The zero-order chi connectivity index (χ0) is 14.5. The van der Waals surface area contributed by atoms with E-state index in [4.69, 9.17) is 4.74 Å². The smallest absolute Gasteiger partial charge is 0.123 e. The highest BCUT2D eigenvalue weighted by molar-refractivity contribution is 5.38. The predicted octanol–water partition coefficient (Wildman–Crippen LogP) is 4.00. The van der Waals surface area contributed by atoms with Crippen molar-refractivity contribution in [2.24, 2.45) is 5.41 Å². The molecule has 0 amide bonds. The van der Waals surface area contributed by atoms with Crippen molar-refractivity contribution in [3.8, 4) is 5.75 Å². The van der Waals surface area contributed by atoms with Crippen molar-refractivity contribution in [2.45, 2.75) is 47.0 Å². The van der Waals surface area contributed by atoms with E-state index in [1.807, 2.05) is 6.07 Å². The molecule has 0 spiro atoms. The first-order valence-corrected chi connectivity index (χ1v) is 7.19. The lowest BCUT2D eigenvalue weighted by Gasteiger charge is -2.28. The average molecular weight is 263 g/mol. The summed E-state index contributed by atoms with van der Waals surface area (Å²) in [4.78, 5) is 0. The maximum absolute atomic E-state index is 6.09. The van der Waals surface area contributed by atoms with Crippen LogP contribution in [0.3, 0.4) is 0 Å². The molecule has 108 valence electrons. The van der Waals surface area contributed by atoms with Gasteiger partial charge in [0.05, 0.1) is 6.61 Å². The van der Waals surface area contributed by atoms with Crippen LogP contribution in [0.5, 0.6) is 5.75 Å². The lowest BCUT2D eigenvalue weighted by molar-refractivity contribution is 0.174. The molecule has 0 aliphatic heterocycles. The highest BCUT2D eigenvalue weighted by atomic mass is 16.5. The molecule has 0 aliphatic carbocycles. The predicted molar refractivity (Wildman–Crippen MR) is 83.0 cm³/mol. The number of para-hydroxylation sites is 1. The third kappa shape index (κ3) is 5.23. The molecule has 0 saturated heterocycles. The molecule has 19 heavy (non-hydrogen) atoms. The monoisotopic (exact) mass is 263 g/mol. The number of ether oxygens (including phenoxy) is 1. The molecule has 1 aromatic carbocycles. The van der Waals surface area contributed by atoms with E-state index in [1.165, 1.54) is 5.56 Å². The Kier molecular flexibility index (Phi) is 5.42. The van der Waals surface area contributed by atoms with Crippen LogP contribution < -0.4 is 10.1 Å². The van der Waals surface area contributed by atoms with Gasteiger partial charge in [-0.15, -0.1) is 0 Å². The topological polar surface area (TPSA) is 21.3 Å². The zero-order valence-electron chi connectivity index (χ0n) is 13.3. The molecule has 0 atom stereocenters. The third-order valence-corrected chi connectivity index (χ3v) is 3.17. The maximum Gasteiger partial charge on any atom is 0.123 e. The van der Waals surface area contributed by atoms with Gasteiger partial charge in [-0.1, -0.05) is 59.7 Å². The van der Waals surface area contributed by atoms with Crippen LogP contribution in [-0.4, -0.2) is 19.7 Å². The second-order valence-electron chi connectivity index (χ2n) is 6.98. The fourth-order valence-corrected chi connectivity index (χ4v) is 2.00. The molecule has 2 heteroatoms. The van der Waals surface area contributed by atoms with Gasteiger partial charge in [0.1, 0.15) is 5.75 Å². The van der Waals surface area contributed by atoms with Crippen molar-refractivity contribution in [3.05, 3.63) is 29.8 Å². The van der Waals surface area contributed by atoms with E-state index in [0.29, 0.717) is 0 Å². The minimum Gasteiger partial charge on any atom is -0.493 e. The molecule has 1 N–H and O–H groups in total. The van der Waals surface area contributed by atoms with Crippen LogP contribution in [0.15, 0.2) is 24.3 Å². The van der Waals surface area contributed by atoms with Crippen LogP contribution in [0.1, 0.15) is 47.1 Å². The molecule has 0 aromatic heterocycles. The Morgan fingerprint density at radius 3 is 2.26 bits per heavy atom. The first kappa shape index (κ1) is 16.0. The van der Waals surface area contributed by atoms with Gasteiger partial charge in [0.25, 0.3) is 0 Å². The Morgan fingerprint density at radius 2 is 1.68 bits per heavy atom. The lowest BCUT2D eigenvalue weighted by atomic mass is 9.86. The summed E-state index contributed by atoms with van der Waals surface area (Å²) in [6.45, 7) is 16.0. The van der Waals surface area contributed by atoms with Gasteiger partial charge >= 0.3 is 0 Å². The molecule has 0 heterocycles. The van der Waals surface area contributed by atoms with Crippen LogP contribution in [0.4, 0.5) is 0 Å². The molecule has 2 nitrogen and oxygen atoms in total. The van der Waals surface area contributed by atoms with E-state index in [1.54, 1.807) is 0 Å². The van der Waals surface area contributed by atoms with Crippen molar-refractivity contribution in [2.75, 3.05) is 19.7 Å². The first-order valence-electron chi connectivity index (χ1n) is 7.19. The summed E-state index contributed by atoms with van der Waals surface area (Å²) in [5.41, 5.74) is 1.53.